The van der Waals surface area contributed by atoms with Crippen LogP contribution in [0.1, 0.15) is 87.5 Å². The van der Waals surface area contributed by atoms with Crippen molar-refractivity contribution in [1.29, 1.82) is 0 Å². The van der Waals surface area contributed by atoms with Crippen molar-refractivity contribution in [2.24, 2.45) is 0 Å². The van der Waals surface area contributed by atoms with E-state index in [1.54, 1.807) is 36.4 Å². The Morgan fingerprint density at radius 2 is 0.750 bits per heavy atom. The van der Waals surface area contributed by atoms with Crippen molar-refractivity contribution in [3.63, 3.8) is 0 Å². The number of aromatic nitrogens is 2. The molecule has 1 radical (unpaired) electrons. The summed E-state index contributed by atoms with van der Waals surface area (Å²) in [6, 6.07) is 101. The van der Waals surface area contributed by atoms with E-state index in [-0.39, 0.29) is 11.6 Å². The lowest BCUT2D eigenvalue weighted by atomic mass is 9.83. The maximum Gasteiger partial charge on any atom is 0.569 e. The second kappa shape index (κ2) is 25.3. The monoisotopic (exact) mass is 1300 g/mol. The number of carbonyl (C=O) groups excluding carboxylic acids is 2. The van der Waals surface area contributed by atoms with E-state index < -0.39 is 0 Å². The van der Waals surface area contributed by atoms with Gasteiger partial charge in [0.1, 0.15) is 5.75 Å². The highest BCUT2D eigenvalue weighted by molar-refractivity contribution is 9.10. The Hall–Kier alpha value is -11.2. The number of nitrogens with zero attached hydrogens (tertiary/aromatic N) is 2. The van der Waals surface area contributed by atoms with E-state index in [1.165, 1.54) is 138 Å². The predicted octanol–water partition coefficient (Wildman–Crippen LogP) is 21.0. The van der Waals surface area contributed by atoms with Crippen LogP contribution < -0.4 is 4.65 Å². The molecule has 1 N–H and O–H groups in total. The lowest BCUT2D eigenvalue weighted by Gasteiger charge is -2.22. The Kier molecular flexibility index (Phi) is 15.8. The van der Waals surface area contributed by atoms with Crippen molar-refractivity contribution in [2.45, 2.75) is 39.5 Å². The molecule has 0 aliphatic heterocycles. The van der Waals surface area contributed by atoms with Crippen LogP contribution in [0.25, 0.3) is 87.7 Å². The van der Waals surface area contributed by atoms with E-state index in [1.807, 2.05) is 60.7 Å². The number of hydrogen-bond acceptors (Lipinski definition) is 4. The van der Waals surface area contributed by atoms with Gasteiger partial charge in [-0.2, -0.15) is 0 Å². The Bertz CT molecular complexity index is 5740. The van der Waals surface area contributed by atoms with Crippen molar-refractivity contribution in [3.05, 3.63) is 374 Å². The fraction of sp³-hybridized carbons (Fsp3) is 0.0682. The number of hydrogen-bond donors (Lipinski definition) is 1. The maximum absolute atomic E-state index is 12.9. The Labute approximate surface area is 566 Å². The molecule has 0 saturated carbocycles. The average molecular weight is 1300 g/mol. The summed E-state index contributed by atoms with van der Waals surface area (Å²) >= 11 is 3.63. The summed E-state index contributed by atoms with van der Waals surface area (Å²) in [7, 11) is 0.605. The molecule has 96 heavy (non-hydrogen) atoms. The number of halogens is 1. The van der Waals surface area contributed by atoms with Gasteiger partial charge in [0.2, 0.25) is 0 Å². The predicted molar refractivity (Wildman–Crippen MR) is 398 cm³/mol. The molecule has 459 valence electrons. The van der Waals surface area contributed by atoms with Gasteiger partial charge in [-0.3, -0.25) is 9.59 Å². The van der Waals surface area contributed by atoms with Crippen molar-refractivity contribution in [3.8, 4) is 28.3 Å². The molecule has 0 bridgehead atoms. The van der Waals surface area contributed by atoms with Gasteiger partial charge in [-0.05, 0) is 201 Å². The second-order valence-electron chi connectivity index (χ2n) is 25.3. The molecule has 0 fully saturated rings. The number of para-hydroxylation sites is 4. The first-order chi connectivity index (χ1) is 47.1. The van der Waals surface area contributed by atoms with Gasteiger partial charge in [0, 0.05) is 59.6 Å². The second-order valence-corrected chi connectivity index (χ2v) is 26.2. The quantitative estimate of drug-likeness (QED) is 0.115. The maximum atomic E-state index is 12.9. The largest absolute Gasteiger partial charge is 0.569 e. The molecular weight excluding hydrogens is 1240 g/mol. The lowest BCUT2D eigenvalue weighted by molar-refractivity contribution is 0.103. The summed E-state index contributed by atoms with van der Waals surface area (Å²) in [5.41, 5.74) is 26.4. The number of fused-ring (bicyclic) bond motifs is 12. The van der Waals surface area contributed by atoms with E-state index in [0.29, 0.717) is 35.7 Å². The molecule has 0 spiro atoms. The molecule has 2 heterocycles. The molecule has 8 heteroatoms. The van der Waals surface area contributed by atoms with E-state index >= 15 is 0 Å². The van der Waals surface area contributed by atoms with Crippen LogP contribution >= 0.6 is 15.9 Å². The van der Waals surface area contributed by atoms with Crippen LogP contribution in [0.3, 0.4) is 0 Å². The SMILES string of the molecule is Cc1cccc2c3ccccc3n(-c3ccc4cc5c(cc4c3)Cc3ccc(-c4ccc(C(=O)c6ccccc6)cc4)cc3C5)c12.Cc1cccc2c3ccccc3n(-c3ccc4cc5c(cc4c3)Cc3ccc(Br)cc3C5)c12.O=C(c1ccccc1)c1ccc(O[B]O)cc1. The smallest absolute Gasteiger partial charge is 0.537 e. The lowest BCUT2D eigenvalue weighted by Crippen LogP contribution is -2.08. The van der Waals surface area contributed by atoms with Crippen LogP contribution in [-0.2, 0) is 25.7 Å². The first-order valence-electron chi connectivity index (χ1n) is 32.6. The third kappa shape index (κ3) is 11.3. The van der Waals surface area contributed by atoms with Gasteiger partial charge in [-0.15, -0.1) is 0 Å². The van der Waals surface area contributed by atoms with Crippen molar-refractivity contribution in [2.75, 3.05) is 0 Å². The highest BCUT2D eigenvalue weighted by Crippen LogP contribution is 2.40. The topological polar surface area (TPSA) is 73.5 Å². The summed E-state index contributed by atoms with van der Waals surface area (Å²) in [6.07, 6.45) is 3.87. The molecule has 2 aliphatic rings. The summed E-state index contributed by atoms with van der Waals surface area (Å²) in [6.45, 7) is 4.42. The number of rotatable bonds is 9. The van der Waals surface area contributed by atoms with Crippen LogP contribution in [0.4, 0.5) is 0 Å². The van der Waals surface area contributed by atoms with E-state index in [9.17, 15) is 9.59 Å². The van der Waals surface area contributed by atoms with Gasteiger partial charge in [-0.1, -0.05) is 234 Å². The third-order valence-corrected chi connectivity index (χ3v) is 19.8. The Morgan fingerprint density at radius 3 is 1.25 bits per heavy atom. The van der Waals surface area contributed by atoms with Gasteiger partial charge in [0.05, 0.1) is 22.1 Å². The molecule has 16 aromatic rings. The van der Waals surface area contributed by atoms with E-state index in [4.69, 9.17) is 9.68 Å². The molecular formula is C88H63BBrN2O4. The molecule has 0 unspecified atom stereocenters. The van der Waals surface area contributed by atoms with Crippen LogP contribution in [0, 0.1) is 13.8 Å². The first kappa shape index (κ1) is 59.8. The van der Waals surface area contributed by atoms with Gasteiger partial charge in [0.15, 0.2) is 11.6 Å². The Morgan fingerprint density at radius 1 is 0.354 bits per heavy atom. The van der Waals surface area contributed by atoms with Crippen LogP contribution in [-0.4, -0.2) is 33.4 Å². The molecule has 14 aromatic carbocycles. The van der Waals surface area contributed by atoms with Crippen LogP contribution in [0.5, 0.6) is 5.75 Å². The zero-order valence-corrected chi connectivity index (χ0v) is 54.6. The first-order valence-corrected chi connectivity index (χ1v) is 33.4. The zero-order chi connectivity index (χ0) is 65.0. The summed E-state index contributed by atoms with van der Waals surface area (Å²) < 4.78 is 10.8. The highest BCUT2D eigenvalue weighted by atomic mass is 79.9. The third-order valence-electron chi connectivity index (χ3n) is 19.3. The van der Waals surface area contributed by atoms with Crippen LogP contribution in [0.2, 0.25) is 0 Å². The molecule has 0 saturated heterocycles. The van der Waals surface area contributed by atoms with E-state index in [0.717, 1.165) is 35.7 Å². The fourth-order valence-corrected chi connectivity index (χ4v) is 15.0. The van der Waals surface area contributed by atoms with Gasteiger partial charge in [0.25, 0.3) is 0 Å². The van der Waals surface area contributed by atoms with Gasteiger partial charge >= 0.3 is 7.69 Å². The minimum atomic E-state index is -0.0369. The van der Waals surface area contributed by atoms with Crippen molar-refractivity contribution >= 4 is 100 Å². The standard InChI is InChI=1S/C44H31NO.C31H22BrN.C13H10BO3/c1-28-8-7-12-41-40-11-5-6-13-42(40)45(43(28)41)39-21-20-34-24-36-25-35-22-32(18-19-33(35)23-37(36)26-38(34)27-39)29-14-16-31(17-15-29)44(46)30-9-3-2-4-10-30;1-19-5-4-7-29-28-6-2-3-8-30(28)33(31(19)29)27-12-10-21-14-22-15-24-17-26(32)11-9-20(24)13-23(22)16-25(21)18-27;15-13(10-4-2-1-3-5-10)11-6-8-12(9-7-11)17-14-16/h2-22,24,26-27H,23,25H2,1H3;2-12,14,16-18H,13,15H2,1H3;1-9,16H. The summed E-state index contributed by atoms with van der Waals surface area (Å²) in [4.78, 5) is 24.9. The van der Waals surface area contributed by atoms with Gasteiger partial charge in [-0.25, -0.2) is 0 Å². The minimum absolute atomic E-state index is 0.0369. The summed E-state index contributed by atoms with van der Waals surface area (Å²) in [5.74, 6) is 0.501. The normalized spacial score (nSPS) is 12.1. The van der Waals surface area contributed by atoms with Crippen LogP contribution in [0.15, 0.2) is 296 Å². The van der Waals surface area contributed by atoms with E-state index in [2.05, 4.69) is 233 Å². The molecule has 2 aliphatic carbocycles. The molecule has 0 amide bonds. The van der Waals surface area contributed by atoms with Crippen molar-refractivity contribution < 1.29 is 19.3 Å². The number of ketones is 2. The molecule has 18 rings (SSSR count). The van der Waals surface area contributed by atoms with Gasteiger partial charge < -0.3 is 18.8 Å². The number of carbonyl (C=O) groups is 2. The highest BCUT2D eigenvalue weighted by Gasteiger charge is 2.22. The number of benzene rings is 14. The molecule has 0 atom stereocenters. The summed E-state index contributed by atoms with van der Waals surface area (Å²) in [5, 5.41) is 18.9. The average Bonchev–Trinajstić information content (AvgIpc) is 1.53. The Balaban J connectivity index is 0.000000126. The molecule has 2 aromatic heterocycles. The number of aryl methyl sites for hydroxylation is 2. The van der Waals surface area contributed by atoms with Crippen molar-refractivity contribution in [1.82, 2.24) is 9.13 Å². The zero-order valence-electron chi connectivity index (χ0n) is 53.1. The molecule has 6 nitrogen and oxygen atoms in total. The fourth-order valence-electron chi connectivity index (χ4n) is 14.6. The minimum Gasteiger partial charge on any atom is -0.537 e.